The Morgan fingerprint density at radius 1 is 0.381 bits per heavy atom. The molecule has 5 aliphatic carbocycles. The molecule has 0 radical (unpaired) electrons. The van der Waals surface area contributed by atoms with E-state index in [2.05, 4.69) is 166 Å². The Hall–Kier alpha value is -6.17. The number of allylic oxidation sites excluding steroid dienone is 32. The maximum atomic E-state index is 10.9. The molecule has 0 saturated carbocycles. The van der Waals surface area contributed by atoms with E-state index in [1.807, 2.05) is 44.2 Å². The van der Waals surface area contributed by atoms with Gasteiger partial charge >= 0.3 is 0 Å². The van der Waals surface area contributed by atoms with Crippen LogP contribution in [0.1, 0.15) is 250 Å². The number of hydrogen-bond acceptors (Lipinski definition) is 5. The minimum Gasteiger partial charge on any atom is -0.299 e. The van der Waals surface area contributed by atoms with Crippen LogP contribution in [-0.2, 0) is 14.4 Å². The van der Waals surface area contributed by atoms with Crippen LogP contribution >= 0.6 is 0 Å². The highest BCUT2D eigenvalue weighted by Gasteiger charge is 2.30. The first-order chi connectivity index (χ1) is 38.3. The fraction of sp³-hybridized carbons (Fsp3) is 0.532. The first kappa shape index (κ1) is 79.9. The minimum atomic E-state index is 0. The summed E-state index contributed by atoms with van der Waals surface area (Å²) < 4.78 is 0. The summed E-state index contributed by atoms with van der Waals surface area (Å²) in [7, 11) is 0. The van der Waals surface area contributed by atoms with Gasteiger partial charge in [-0.05, 0) is 250 Å². The molecule has 0 bridgehead atoms. The zero-order valence-electron chi connectivity index (χ0n) is 55.3. The van der Waals surface area contributed by atoms with Crippen molar-refractivity contribution in [3.63, 3.8) is 0 Å². The van der Waals surface area contributed by atoms with Gasteiger partial charge in [0.25, 0.3) is 0 Å². The van der Waals surface area contributed by atoms with Crippen LogP contribution in [0.2, 0.25) is 0 Å². The summed E-state index contributed by atoms with van der Waals surface area (Å²) in [5, 5.41) is 17.0. The zero-order chi connectivity index (χ0) is 62.3. The van der Waals surface area contributed by atoms with Gasteiger partial charge in [0.15, 0.2) is 5.78 Å². The molecule has 0 atom stereocenters. The van der Waals surface area contributed by atoms with Gasteiger partial charge in [0.2, 0.25) is 0 Å². The third-order valence-electron chi connectivity index (χ3n) is 17.0. The van der Waals surface area contributed by atoms with Crippen molar-refractivity contribution in [2.24, 2.45) is 27.1 Å². The number of aldehydes is 2. The molecule has 0 aromatic rings. The number of rotatable bonds is 14. The number of hydrogen-bond donors (Lipinski definition) is 0. The van der Waals surface area contributed by atoms with E-state index in [0.717, 1.165) is 29.3 Å². The molecule has 5 aliphatic rings. The van der Waals surface area contributed by atoms with E-state index >= 15 is 0 Å². The molecule has 0 aliphatic heterocycles. The van der Waals surface area contributed by atoms with Crippen LogP contribution in [-0.4, -0.2) is 18.4 Å². The molecule has 462 valence electrons. The first-order valence-corrected chi connectivity index (χ1v) is 30.4. The summed E-state index contributed by atoms with van der Waals surface area (Å²) in [6.45, 7) is 43.8. The molecule has 0 aromatic carbocycles. The fourth-order valence-corrected chi connectivity index (χ4v) is 12.0. The van der Waals surface area contributed by atoms with E-state index in [1.54, 1.807) is 37.3 Å². The lowest BCUT2D eigenvalue weighted by Crippen LogP contribution is -2.19. The highest BCUT2D eigenvalue weighted by Crippen LogP contribution is 2.44. The Kier molecular flexibility index (Phi) is 37.5. The quantitative estimate of drug-likeness (QED) is 0.0747. The van der Waals surface area contributed by atoms with Crippen molar-refractivity contribution < 1.29 is 14.4 Å². The van der Waals surface area contributed by atoms with Crippen molar-refractivity contribution in [1.82, 2.24) is 0 Å². The number of carbonyl (C=O) groups is 3. The van der Waals surface area contributed by atoms with Crippen LogP contribution in [0, 0.1) is 49.7 Å². The molecular formula is C79H118N2O3. The Morgan fingerprint density at radius 3 is 0.905 bits per heavy atom. The van der Waals surface area contributed by atoms with Crippen molar-refractivity contribution in [3.05, 3.63) is 187 Å². The lowest BCUT2D eigenvalue weighted by atomic mass is 9.72. The van der Waals surface area contributed by atoms with Crippen molar-refractivity contribution in [2.75, 3.05) is 0 Å². The Bertz CT molecular complexity index is 2790. The second-order valence-electron chi connectivity index (χ2n) is 26.8. The normalized spacial score (nSPS) is 20.7. The van der Waals surface area contributed by atoms with Gasteiger partial charge in [-0.1, -0.05) is 202 Å². The summed E-state index contributed by atoms with van der Waals surface area (Å²) in [5.41, 5.74) is 20.4. The van der Waals surface area contributed by atoms with Gasteiger partial charge in [-0.2, -0.15) is 10.5 Å². The second-order valence-corrected chi connectivity index (χ2v) is 26.8. The standard InChI is InChI=1S/C17H23N.C17H24O.C15H21N.C15H22O.C13H20O.2CH4/c2*1-14(8-5-6-13-18)10-11-16-15(2)9-7-12-17(16,3)4;2*1-12(9-11-16)7-8-14-13(2)6-5-10-15(14,3)4;1-10-6-5-9-13(3,4)12(10)8-7-11(2)14;;/h5-6,8,10-11H,7,9,12H2,1-4H3;5-6,8,10-11,13H,7,9,12H2,1-4H3;7-9H,5-6,10H2,1-4H3;7-9,11H,5-6,10H2,1-4H3;7-8H,5-6,9H2,1-4H3;2*1H4/b2*6-5+,11-10+,14-8+;2*8-7+,12-9+;8-7+;;. The smallest absolute Gasteiger partial charge is 0.152 e. The van der Waals surface area contributed by atoms with Gasteiger partial charge in [0, 0.05) is 12.2 Å². The minimum absolute atomic E-state index is 0. The van der Waals surface area contributed by atoms with E-state index in [0.29, 0.717) is 5.41 Å². The van der Waals surface area contributed by atoms with Gasteiger partial charge in [0.05, 0.1) is 12.1 Å². The van der Waals surface area contributed by atoms with Gasteiger partial charge in [-0.25, -0.2) is 0 Å². The molecule has 0 spiro atoms. The molecule has 84 heavy (non-hydrogen) atoms. The third-order valence-corrected chi connectivity index (χ3v) is 17.0. The second kappa shape index (κ2) is 39.4. The maximum Gasteiger partial charge on any atom is 0.152 e. The molecule has 0 heterocycles. The summed E-state index contributed by atoms with van der Waals surface area (Å²) in [5.74, 6) is 0.131. The van der Waals surface area contributed by atoms with Gasteiger partial charge in [-0.3, -0.25) is 14.4 Å². The van der Waals surface area contributed by atoms with E-state index in [-0.39, 0.29) is 42.3 Å². The molecule has 5 heteroatoms. The van der Waals surface area contributed by atoms with Gasteiger partial charge < -0.3 is 0 Å². The SMILES string of the molecule is C.C.CC(=O)/C=C/C1=C(C)CCCC1(C)C.CC1=C(/C=C/C(C)=C/C#N)C(C)(C)CCC1.CC1=C(/C=C/C(C)=C/C=C/C#N)C(C)(C)CCC1.CC1=C(/C=C/C(C)=C/C=C/C=O)C(C)(C)CCC1.CC1=C(/C=C/C(C)=C/C=O)C(C)(C)CCC1. The van der Waals surface area contributed by atoms with E-state index in [9.17, 15) is 14.4 Å². The van der Waals surface area contributed by atoms with E-state index in [1.165, 1.54) is 170 Å². The third kappa shape index (κ3) is 29.6. The van der Waals surface area contributed by atoms with Crippen molar-refractivity contribution in [2.45, 2.75) is 250 Å². The zero-order valence-corrected chi connectivity index (χ0v) is 55.3. The number of carbonyl (C=O) groups excluding carboxylic acids is 3. The lowest BCUT2D eigenvalue weighted by molar-refractivity contribution is -0.112. The summed E-state index contributed by atoms with van der Waals surface area (Å²) in [6, 6.07) is 4.05. The predicted octanol–water partition coefficient (Wildman–Crippen LogP) is 23.5. The molecular weight excluding hydrogens is 1020 g/mol. The molecule has 5 rings (SSSR count). The Morgan fingerprint density at radius 2 is 0.655 bits per heavy atom. The van der Waals surface area contributed by atoms with Crippen molar-refractivity contribution in [3.8, 4) is 12.1 Å². The Balaban J connectivity index is 0. The van der Waals surface area contributed by atoms with E-state index < -0.39 is 0 Å². The largest absolute Gasteiger partial charge is 0.299 e. The highest BCUT2D eigenvalue weighted by molar-refractivity contribution is 5.87. The highest BCUT2D eigenvalue weighted by atomic mass is 16.1. The first-order valence-electron chi connectivity index (χ1n) is 30.4. The van der Waals surface area contributed by atoms with Crippen LogP contribution in [0.5, 0.6) is 0 Å². The van der Waals surface area contributed by atoms with Crippen molar-refractivity contribution in [1.29, 1.82) is 10.5 Å². The fourth-order valence-electron chi connectivity index (χ4n) is 12.0. The van der Waals surface area contributed by atoms with E-state index in [4.69, 9.17) is 10.5 Å². The number of nitriles is 2. The monoisotopic (exact) mass is 1140 g/mol. The molecule has 0 aromatic heterocycles. The average molecular weight is 1140 g/mol. The van der Waals surface area contributed by atoms with Gasteiger partial charge in [-0.15, -0.1) is 0 Å². The predicted molar refractivity (Wildman–Crippen MR) is 368 cm³/mol. The van der Waals surface area contributed by atoms with Crippen LogP contribution in [0.4, 0.5) is 0 Å². The number of nitrogens with zero attached hydrogens (tertiary/aromatic N) is 2. The van der Waals surface area contributed by atoms with Crippen LogP contribution in [0.25, 0.3) is 0 Å². The maximum absolute atomic E-state index is 10.9. The Labute approximate surface area is 516 Å². The lowest BCUT2D eigenvalue weighted by Gasteiger charge is -2.32. The van der Waals surface area contributed by atoms with Crippen molar-refractivity contribution >= 4 is 18.4 Å². The topological polar surface area (TPSA) is 98.8 Å². The molecule has 0 unspecified atom stereocenters. The van der Waals surface area contributed by atoms with Crippen LogP contribution in [0.15, 0.2) is 187 Å². The average Bonchev–Trinajstić information content (AvgIpc) is 3.56. The summed E-state index contributed by atoms with van der Waals surface area (Å²) in [6.07, 6.45) is 55.0. The van der Waals surface area contributed by atoms with Crippen LogP contribution in [0.3, 0.4) is 0 Å². The summed E-state index contributed by atoms with van der Waals surface area (Å²) in [4.78, 5) is 31.4. The molecule has 0 fully saturated rings. The molecule has 0 amide bonds. The number of ketones is 1. The molecule has 0 N–H and O–H groups in total. The summed E-state index contributed by atoms with van der Waals surface area (Å²) >= 11 is 0. The van der Waals surface area contributed by atoms with Crippen LogP contribution < -0.4 is 0 Å². The molecule has 5 nitrogen and oxygen atoms in total. The molecule has 0 saturated heterocycles. The van der Waals surface area contributed by atoms with Gasteiger partial charge in [0.1, 0.15) is 12.6 Å².